The standard InChI is InChI=1S/C20H24FN3O2S/c1-13-22-17(12-27-13)9-23-7-15-8-24(19(25)11-26-2)20(18(15)10-23)14-4-3-5-16(21)6-14/h3-6,12,15,18,20H,7-11H2,1-2H3/t15-,18-,20+/m1/s1. The number of rotatable bonds is 5. The van der Waals surface area contributed by atoms with Gasteiger partial charge in [-0.1, -0.05) is 12.1 Å². The predicted molar refractivity (Wildman–Crippen MR) is 102 cm³/mol. The number of hydrogen-bond donors (Lipinski definition) is 0. The van der Waals surface area contributed by atoms with Gasteiger partial charge in [0.2, 0.25) is 5.91 Å². The van der Waals surface area contributed by atoms with Gasteiger partial charge in [-0.3, -0.25) is 9.69 Å². The van der Waals surface area contributed by atoms with E-state index >= 15 is 0 Å². The van der Waals surface area contributed by atoms with Crippen molar-refractivity contribution in [1.82, 2.24) is 14.8 Å². The molecule has 0 spiro atoms. The van der Waals surface area contributed by atoms with Crippen LogP contribution in [-0.2, 0) is 16.1 Å². The summed E-state index contributed by atoms with van der Waals surface area (Å²) in [4.78, 5) is 21.5. The molecule has 144 valence electrons. The van der Waals surface area contributed by atoms with E-state index in [2.05, 4.69) is 15.3 Å². The fraction of sp³-hybridized carbons (Fsp3) is 0.500. The molecule has 3 heterocycles. The van der Waals surface area contributed by atoms with Crippen molar-refractivity contribution < 1.29 is 13.9 Å². The molecule has 2 aliphatic heterocycles. The van der Waals surface area contributed by atoms with Gasteiger partial charge in [0.1, 0.15) is 12.4 Å². The Morgan fingerprint density at radius 3 is 2.93 bits per heavy atom. The molecule has 0 aliphatic carbocycles. The summed E-state index contributed by atoms with van der Waals surface area (Å²) in [7, 11) is 1.53. The third kappa shape index (κ3) is 3.77. The van der Waals surface area contributed by atoms with Crippen molar-refractivity contribution in [3.8, 4) is 0 Å². The summed E-state index contributed by atoms with van der Waals surface area (Å²) >= 11 is 1.67. The van der Waals surface area contributed by atoms with Crippen LogP contribution in [-0.4, -0.2) is 54.0 Å². The van der Waals surface area contributed by atoms with Crippen LogP contribution in [0.4, 0.5) is 4.39 Å². The molecule has 0 bridgehead atoms. The molecule has 4 rings (SSSR count). The average Bonchev–Trinajstić information content (AvgIpc) is 3.29. The number of benzene rings is 1. The van der Waals surface area contributed by atoms with E-state index in [1.54, 1.807) is 23.5 Å². The summed E-state index contributed by atoms with van der Waals surface area (Å²) < 4.78 is 18.9. The van der Waals surface area contributed by atoms with Crippen LogP contribution in [0.3, 0.4) is 0 Å². The van der Waals surface area contributed by atoms with Crippen molar-refractivity contribution in [2.24, 2.45) is 11.8 Å². The van der Waals surface area contributed by atoms with Gasteiger partial charge >= 0.3 is 0 Å². The molecule has 3 atom stereocenters. The van der Waals surface area contributed by atoms with Gasteiger partial charge in [-0.05, 0) is 30.5 Å². The SMILES string of the molecule is COCC(=O)N1C[C@H]2CN(Cc3csc(C)n3)C[C@H]2[C@@H]1c1cccc(F)c1. The van der Waals surface area contributed by atoms with Gasteiger partial charge in [0.05, 0.1) is 16.7 Å². The summed E-state index contributed by atoms with van der Waals surface area (Å²) in [5.74, 6) is 0.400. The number of likely N-dealkylation sites (tertiary alicyclic amines) is 2. The molecule has 0 radical (unpaired) electrons. The van der Waals surface area contributed by atoms with Crippen LogP contribution in [0.1, 0.15) is 22.3 Å². The highest BCUT2D eigenvalue weighted by atomic mass is 32.1. The summed E-state index contributed by atoms with van der Waals surface area (Å²) in [6, 6.07) is 6.56. The van der Waals surface area contributed by atoms with Crippen LogP contribution in [0.25, 0.3) is 0 Å². The van der Waals surface area contributed by atoms with Gasteiger partial charge in [0.15, 0.2) is 0 Å². The van der Waals surface area contributed by atoms with Crippen LogP contribution in [0.5, 0.6) is 0 Å². The van der Waals surface area contributed by atoms with Gasteiger partial charge in [-0.25, -0.2) is 9.37 Å². The third-order valence-corrected chi connectivity index (χ3v) is 6.39. The molecule has 1 amide bonds. The van der Waals surface area contributed by atoms with Crippen LogP contribution >= 0.6 is 11.3 Å². The van der Waals surface area contributed by atoms with Crippen LogP contribution in [0.15, 0.2) is 29.6 Å². The van der Waals surface area contributed by atoms with Crippen molar-refractivity contribution in [1.29, 1.82) is 0 Å². The number of thiazole rings is 1. The molecular weight excluding hydrogens is 365 g/mol. The number of amides is 1. The molecular formula is C20H24FN3O2S. The topological polar surface area (TPSA) is 45.7 Å². The zero-order chi connectivity index (χ0) is 19.0. The second-order valence-corrected chi connectivity index (χ2v) is 8.52. The van der Waals surface area contributed by atoms with Crippen LogP contribution in [0, 0.1) is 24.6 Å². The molecule has 1 aromatic heterocycles. The Hall–Kier alpha value is -1.83. The Morgan fingerprint density at radius 2 is 2.22 bits per heavy atom. The van der Waals surface area contributed by atoms with Gasteiger partial charge in [-0.15, -0.1) is 11.3 Å². The molecule has 2 saturated heterocycles. The van der Waals surface area contributed by atoms with E-state index in [9.17, 15) is 9.18 Å². The first-order chi connectivity index (χ1) is 13.0. The fourth-order valence-corrected chi connectivity index (χ4v) is 5.16. The number of aromatic nitrogens is 1. The van der Waals surface area contributed by atoms with E-state index in [0.717, 1.165) is 35.9 Å². The quantitative estimate of drug-likeness (QED) is 0.789. The minimum Gasteiger partial charge on any atom is -0.375 e. The highest BCUT2D eigenvalue weighted by molar-refractivity contribution is 7.09. The second-order valence-electron chi connectivity index (χ2n) is 7.45. The van der Waals surface area contributed by atoms with Gasteiger partial charge < -0.3 is 9.64 Å². The van der Waals surface area contributed by atoms with Gasteiger partial charge in [0, 0.05) is 44.6 Å². The summed E-state index contributed by atoms with van der Waals surface area (Å²) in [5, 5.41) is 3.19. The molecule has 0 unspecified atom stereocenters. The maximum atomic E-state index is 13.9. The number of ether oxygens (including phenoxy) is 1. The Bertz CT molecular complexity index is 827. The maximum Gasteiger partial charge on any atom is 0.249 e. The Labute approximate surface area is 162 Å². The van der Waals surface area contributed by atoms with Crippen molar-refractivity contribution >= 4 is 17.2 Å². The van der Waals surface area contributed by atoms with Crippen molar-refractivity contribution in [2.45, 2.75) is 19.5 Å². The molecule has 27 heavy (non-hydrogen) atoms. The Morgan fingerprint density at radius 1 is 1.37 bits per heavy atom. The Kier molecular flexibility index (Phi) is 5.25. The molecule has 7 heteroatoms. The lowest BCUT2D eigenvalue weighted by Gasteiger charge is -2.29. The number of halogens is 1. The molecule has 2 aromatic rings. The zero-order valence-corrected chi connectivity index (χ0v) is 16.4. The monoisotopic (exact) mass is 389 g/mol. The normalized spacial score (nSPS) is 25.1. The number of fused-ring (bicyclic) bond motifs is 1. The lowest BCUT2D eigenvalue weighted by Crippen LogP contribution is -2.37. The lowest BCUT2D eigenvalue weighted by molar-refractivity contribution is -0.136. The van der Waals surface area contributed by atoms with Gasteiger partial charge in [-0.2, -0.15) is 0 Å². The minimum atomic E-state index is -0.261. The molecule has 5 nitrogen and oxygen atoms in total. The fourth-order valence-electron chi connectivity index (χ4n) is 4.56. The summed E-state index contributed by atoms with van der Waals surface area (Å²) in [6.07, 6.45) is 0. The smallest absolute Gasteiger partial charge is 0.249 e. The first-order valence-corrected chi connectivity index (χ1v) is 10.1. The molecule has 2 aliphatic rings. The summed E-state index contributed by atoms with van der Waals surface area (Å²) in [5.41, 5.74) is 1.98. The van der Waals surface area contributed by atoms with E-state index in [0.29, 0.717) is 18.4 Å². The first-order valence-electron chi connectivity index (χ1n) is 9.22. The van der Waals surface area contributed by atoms with E-state index < -0.39 is 0 Å². The molecule has 2 fully saturated rings. The highest BCUT2D eigenvalue weighted by Gasteiger charge is 2.49. The lowest BCUT2D eigenvalue weighted by atomic mass is 9.89. The number of carbonyl (C=O) groups is 1. The number of carbonyl (C=O) groups excluding carboxylic acids is 1. The molecule has 1 aromatic carbocycles. The van der Waals surface area contributed by atoms with E-state index in [4.69, 9.17) is 4.74 Å². The van der Waals surface area contributed by atoms with E-state index in [1.807, 2.05) is 17.9 Å². The maximum absolute atomic E-state index is 13.9. The zero-order valence-electron chi connectivity index (χ0n) is 15.6. The van der Waals surface area contributed by atoms with E-state index in [1.165, 1.54) is 13.2 Å². The molecule has 0 N–H and O–H groups in total. The number of methoxy groups -OCH3 is 1. The van der Waals surface area contributed by atoms with Crippen molar-refractivity contribution in [3.63, 3.8) is 0 Å². The average molecular weight is 389 g/mol. The van der Waals surface area contributed by atoms with E-state index in [-0.39, 0.29) is 24.4 Å². The second kappa shape index (κ2) is 7.66. The van der Waals surface area contributed by atoms with Crippen LogP contribution in [0.2, 0.25) is 0 Å². The van der Waals surface area contributed by atoms with Crippen LogP contribution < -0.4 is 0 Å². The number of nitrogens with zero attached hydrogens (tertiary/aromatic N) is 3. The Balaban J connectivity index is 1.56. The largest absolute Gasteiger partial charge is 0.375 e. The van der Waals surface area contributed by atoms with Gasteiger partial charge in [0.25, 0.3) is 0 Å². The third-order valence-electron chi connectivity index (χ3n) is 5.57. The first kappa shape index (κ1) is 18.5. The molecule has 0 saturated carbocycles. The number of hydrogen-bond acceptors (Lipinski definition) is 5. The van der Waals surface area contributed by atoms with Crippen molar-refractivity contribution in [3.05, 3.63) is 51.7 Å². The summed E-state index contributed by atoms with van der Waals surface area (Å²) in [6.45, 7) is 5.43. The number of aryl methyl sites for hydroxylation is 1. The highest BCUT2D eigenvalue weighted by Crippen LogP contribution is 2.45. The minimum absolute atomic E-state index is 0.0252. The predicted octanol–water partition coefficient (Wildman–Crippen LogP) is 2.87. The van der Waals surface area contributed by atoms with Crippen molar-refractivity contribution in [2.75, 3.05) is 33.4 Å².